The SMILES string of the molecule is CC(C)(C)c1nc2cc(NC(=O)C3C4C=CC(C4)C3C(=O)O)ccc2o1. The Morgan fingerprint density at radius 2 is 1.88 bits per heavy atom. The van der Waals surface area contributed by atoms with E-state index in [1.54, 1.807) is 18.2 Å². The van der Waals surface area contributed by atoms with E-state index in [1.165, 1.54) is 0 Å². The molecule has 2 aliphatic rings. The Morgan fingerprint density at radius 3 is 2.54 bits per heavy atom. The molecule has 0 saturated heterocycles. The average molecular weight is 354 g/mol. The Balaban J connectivity index is 1.58. The number of anilines is 1. The van der Waals surface area contributed by atoms with Crippen molar-refractivity contribution in [1.82, 2.24) is 4.98 Å². The number of benzene rings is 1. The van der Waals surface area contributed by atoms with Crippen LogP contribution in [0.2, 0.25) is 0 Å². The summed E-state index contributed by atoms with van der Waals surface area (Å²) in [7, 11) is 0. The minimum Gasteiger partial charge on any atom is -0.481 e. The van der Waals surface area contributed by atoms with Gasteiger partial charge in [0.2, 0.25) is 11.8 Å². The molecular formula is C20H22N2O4. The van der Waals surface area contributed by atoms with Gasteiger partial charge in [0, 0.05) is 11.1 Å². The fraction of sp³-hybridized carbons (Fsp3) is 0.450. The number of hydrogen-bond donors (Lipinski definition) is 2. The average Bonchev–Trinajstić information content (AvgIpc) is 3.26. The van der Waals surface area contributed by atoms with Crippen LogP contribution in [0.15, 0.2) is 34.8 Å². The van der Waals surface area contributed by atoms with Gasteiger partial charge in [0.25, 0.3) is 0 Å². The van der Waals surface area contributed by atoms with Gasteiger partial charge >= 0.3 is 5.97 Å². The summed E-state index contributed by atoms with van der Waals surface area (Å²) in [5.41, 5.74) is 1.74. The first-order valence-electron chi connectivity index (χ1n) is 8.87. The number of nitrogens with zero attached hydrogens (tertiary/aromatic N) is 1. The zero-order valence-corrected chi connectivity index (χ0v) is 15.0. The van der Waals surface area contributed by atoms with E-state index in [1.807, 2.05) is 32.9 Å². The second-order valence-corrected chi connectivity index (χ2v) is 8.28. The Kier molecular flexibility index (Phi) is 3.68. The van der Waals surface area contributed by atoms with E-state index < -0.39 is 17.8 Å². The fourth-order valence-corrected chi connectivity index (χ4v) is 4.07. The number of carbonyl (C=O) groups is 2. The summed E-state index contributed by atoms with van der Waals surface area (Å²) in [5, 5.41) is 12.4. The van der Waals surface area contributed by atoms with Crippen LogP contribution in [0.25, 0.3) is 11.1 Å². The van der Waals surface area contributed by atoms with Gasteiger partial charge in [-0.05, 0) is 36.5 Å². The molecule has 1 heterocycles. The predicted octanol–water partition coefficient (Wildman–Crippen LogP) is 3.59. The second-order valence-electron chi connectivity index (χ2n) is 8.28. The molecule has 2 aliphatic carbocycles. The molecule has 0 radical (unpaired) electrons. The molecule has 2 bridgehead atoms. The number of carboxylic acids is 1. The second kappa shape index (κ2) is 5.69. The fourth-order valence-electron chi connectivity index (χ4n) is 4.07. The Bertz CT molecular complexity index is 922. The number of aromatic nitrogens is 1. The van der Waals surface area contributed by atoms with Crippen LogP contribution in [0, 0.1) is 23.7 Å². The molecule has 136 valence electrons. The zero-order chi connectivity index (χ0) is 18.6. The van der Waals surface area contributed by atoms with Gasteiger partial charge in [0.15, 0.2) is 5.58 Å². The number of allylic oxidation sites excluding steroid dienone is 2. The van der Waals surface area contributed by atoms with Crippen LogP contribution < -0.4 is 5.32 Å². The number of oxazole rings is 1. The summed E-state index contributed by atoms with van der Waals surface area (Å²) in [6.07, 6.45) is 4.65. The molecule has 1 amide bonds. The molecule has 4 atom stereocenters. The van der Waals surface area contributed by atoms with E-state index in [9.17, 15) is 14.7 Å². The Morgan fingerprint density at radius 1 is 1.19 bits per heavy atom. The highest BCUT2D eigenvalue weighted by Gasteiger charge is 2.51. The van der Waals surface area contributed by atoms with Gasteiger partial charge in [-0.3, -0.25) is 9.59 Å². The van der Waals surface area contributed by atoms with Gasteiger partial charge in [-0.2, -0.15) is 0 Å². The summed E-state index contributed by atoms with van der Waals surface area (Å²) >= 11 is 0. The maximum absolute atomic E-state index is 12.8. The number of amides is 1. The van der Waals surface area contributed by atoms with Crippen molar-refractivity contribution in [1.29, 1.82) is 0 Å². The number of fused-ring (bicyclic) bond motifs is 3. The highest BCUT2D eigenvalue weighted by Crippen LogP contribution is 2.48. The summed E-state index contributed by atoms with van der Waals surface area (Å²) in [6.45, 7) is 6.07. The summed E-state index contributed by atoms with van der Waals surface area (Å²) < 4.78 is 5.77. The van der Waals surface area contributed by atoms with E-state index in [0.717, 1.165) is 6.42 Å². The lowest BCUT2D eigenvalue weighted by Gasteiger charge is -2.23. The van der Waals surface area contributed by atoms with Crippen LogP contribution in [0.3, 0.4) is 0 Å². The third-order valence-electron chi connectivity index (χ3n) is 5.34. The van der Waals surface area contributed by atoms with Crippen LogP contribution >= 0.6 is 0 Å². The van der Waals surface area contributed by atoms with E-state index in [0.29, 0.717) is 22.7 Å². The van der Waals surface area contributed by atoms with Crippen LogP contribution in [0.5, 0.6) is 0 Å². The molecule has 1 aromatic carbocycles. The van der Waals surface area contributed by atoms with Crippen molar-refractivity contribution in [2.24, 2.45) is 23.7 Å². The van der Waals surface area contributed by atoms with Crippen molar-refractivity contribution in [2.75, 3.05) is 5.32 Å². The van der Waals surface area contributed by atoms with E-state index in [4.69, 9.17) is 4.42 Å². The van der Waals surface area contributed by atoms with Gasteiger partial charge in [-0.1, -0.05) is 32.9 Å². The topological polar surface area (TPSA) is 92.4 Å². The molecule has 4 rings (SSSR count). The lowest BCUT2D eigenvalue weighted by atomic mass is 9.82. The maximum Gasteiger partial charge on any atom is 0.307 e. The van der Waals surface area contributed by atoms with Gasteiger partial charge in [0.05, 0.1) is 11.8 Å². The van der Waals surface area contributed by atoms with Gasteiger partial charge in [-0.25, -0.2) is 4.98 Å². The quantitative estimate of drug-likeness (QED) is 0.822. The Hall–Kier alpha value is -2.63. The zero-order valence-electron chi connectivity index (χ0n) is 15.0. The van der Waals surface area contributed by atoms with Crippen LogP contribution in [-0.2, 0) is 15.0 Å². The molecule has 2 N–H and O–H groups in total. The van der Waals surface area contributed by atoms with Crippen molar-refractivity contribution < 1.29 is 19.1 Å². The van der Waals surface area contributed by atoms with Crippen molar-refractivity contribution in [3.63, 3.8) is 0 Å². The third kappa shape index (κ3) is 2.69. The van der Waals surface area contributed by atoms with Crippen molar-refractivity contribution in [2.45, 2.75) is 32.6 Å². The number of carboxylic acid groups (broad SMARTS) is 1. The normalized spacial score (nSPS) is 27.2. The molecule has 6 heteroatoms. The van der Waals surface area contributed by atoms with E-state index >= 15 is 0 Å². The molecular weight excluding hydrogens is 332 g/mol. The maximum atomic E-state index is 12.8. The van der Waals surface area contributed by atoms with Crippen LogP contribution in [0.4, 0.5) is 5.69 Å². The van der Waals surface area contributed by atoms with Crippen molar-refractivity contribution >= 4 is 28.7 Å². The first-order chi connectivity index (χ1) is 12.2. The van der Waals surface area contributed by atoms with Crippen molar-refractivity contribution in [3.8, 4) is 0 Å². The molecule has 0 spiro atoms. The van der Waals surface area contributed by atoms with Gasteiger partial charge in [0.1, 0.15) is 5.52 Å². The molecule has 6 nitrogen and oxygen atoms in total. The summed E-state index contributed by atoms with van der Waals surface area (Å²) in [4.78, 5) is 28.9. The number of hydrogen-bond acceptors (Lipinski definition) is 4. The highest BCUT2D eigenvalue weighted by molar-refractivity contribution is 5.97. The number of rotatable bonds is 3. The molecule has 1 aromatic heterocycles. The van der Waals surface area contributed by atoms with E-state index in [2.05, 4.69) is 10.3 Å². The van der Waals surface area contributed by atoms with E-state index in [-0.39, 0.29) is 23.2 Å². The first-order valence-corrected chi connectivity index (χ1v) is 8.87. The van der Waals surface area contributed by atoms with Crippen LogP contribution in [-0.4, -0.2) is 22.0 Å². The molecule has 2 aromatic rings. The van der Waals surface area contributed by atoms with Gasteiger partial charge < -0.3 is 14.8 Å². The lowest BCUT2D eigenvalue weighted by molar-refractivity contribution is -0.146. The van der Waals surface area contributed by atoms with Crippen molar-refractivity contribution in [3.05, 3.63) is 36.2 Å². The lowest BCUT2D eigenvalue weighted by Crippen LogP contribution is -2.36. The number of aliphatic carboxylic acids is 1. The molecule has 26 heavy (non-hydrogen) atoms. The minimum absolute atomic E-state index is 0.00405. The summed E-state index contributed by atoms with van der Waals surface area (Å²) in [5.74, 6) is -1.71. The molecule has 1 saturated carbocycles. The largest absolute Gasteiger partial charge is 0.481 e. The monoisotopic (exact) mass is 354 g/mol. The molecule has 0 aliphatic heterocycles. The summed E-state index contributed by atoms with van der Waals surface area (Å²) in [6, 6.07) is 5.31. The smallest absolute Gasteiger partial charge is 0.307 e. The predicted molar refractivity (Wildman–Crippen MR) is 96.7 cm³/mol. The first kappa shape index (κ1) is 16.8. The van der Waals surface area contributed by atoms with Gasteiger partial charge in [-0.15, -0.1) is 0 Å². The number of nitrogens with one attached hydrogen (secondary N) is 1. The standard InChI is InChI=1S/C20H22N2O4/c1-20(2,3)19-22-13-9-12(6-7-14(13)26-19)21-17(23)15-10-4-5-11(8-10)16(15)18(24)25/h4-7,9-11,15-16H,8H2,1-3H3,(H,21,23)(H,24,25). The number of carbonyl (C=O) groups excluding carboxylic acids is 1. The van der Waals surface area contributed by atoms with Crippen LogP contribution in [0.1, 0.15) is 33.1 Å². The molecule has 1 fully saturated rings. The molecule has 4 unspecified atom stereocenters. The third-order valence-corrected chi connectivity index (χ3v) is 5.34. The highest BCUT2D eigenvalue weighted by atomic mass is 16.4. The minimum atomic E-state index is -0.899. The Labute approximate surface area is 151 Å².